The van der Waals surface area contributed by atoms with Crippen LogP contribution >= 0.6 is 11.6 Å². The Hall–Kier alpha value is -2.50. The summed E-state index contributed by atoms with van der Waals surface area (Å²) in [6.07, 6.45) is 0. The van der Waals surface area contributed by atoms with Gasteiger partial charge in [-0.1, -0.05) is 29.8 Å². The molecule has 0 radical (unpaired) electrons. The number of amides is 1. The molecule has 0 spiro atoms. The van der Waals surface area contributed by atoms with Crippen LogP contribution in [0.2, 0.25) is 5.02 Å². The quantitative estimate of drug-likeness (QED) is 0.738. The fraction of sp³-hybridized carbons (Fsp3) is 0.250. The predicted molar refractivity (Wildman–Crippen MR) is 103 cm³/mol. The number of morpholine rings is 1. The van der Waals surface area contributed by atoms with Crippen LogP contribution in [0, 0.1) is 6.92 Å². The molecule has 26 heavy (non-hydrogen) atoms. The number of hydrogen-bond donors (Lipinski definition) is 1. The van der Waals surface area contributed by atoms with Crippen molar-refractivity contribution in [2.24, 2.45) is 0 Å². The molecule has 4 rings (SSSR count). The number of carbonyl (C=O) groups is 1. The molecule has 0 bridgehead atoms. The molecule has 0 unspecified atom stereocenters. The third-order valence-corrected chi connectivity index (χ3v) is 4.84. The van der Waals surface area contributed by atoms with E-state index >= 15 is 0 Å². The molecule has 3 aromatic rings. The van der Waals surface area contributed by atoms with Gasteiger partial charge >= 0.3 is 0 Å². The first-order valence-corrected chi connectivity index (χ1v) is 8.93. The molecule has 1 saturated heterocycles. The summed E-state index contributed by atoms with van der Waals surface area (Å²) in [5, 5.41) is 4.48. The average molecular weight is 371 g/mol. The van der Waals surface area contributed by atoms with Gasteiger partial charge in [0.25, 0.3) is 5.91 Å². The number of nitrogens with zero attached hydrogens (tertiary/aromatic N) is 1. The van der Waals surface area contributed by atoms with Crippen molar-refractivity contribution in [2.45, 2.75) is 6.92 Å². The molecule has 1 aliphatic heterocycles. The van der Waals surface area contributed by atoms with Gasteiger partial charge in [-0.2, -0.15) is 0 Å². The standard InChI is InChI=1S/C20H19ClN2O3/c1-13-15-4-2-3-5-18(15)26-19(13)20(24)22-16-12-14(21)6-7-17(16)23-8-10-25-11-9-23/h2-7,12H,8-11H2,1H3,(H,22,24). The summed E-state index contributed by atoms with van der Waals surface area (Å²) >= 11 is 6.16. The van der Waals surface area contributed by atoms with Gasteiger partial charge in [-0.25, -0.2) is 0 Å². The Balaban J connectivity index is 1.66. The lowest BCUT2D eigenvalue weighted by atomic mass is 10.1. The molecular formula is C20H19ClN2O3. The molecule has 1 aromatic heterocycles. The Kier molecular flexibility index (Phi) is 4.57. The van der Waals surface area contributed by atoms with E-state index in [0.29, 0.717) is 35.3 Å². The minimum Gasteiger partial charge on any atom is -0.451 e. The van der Waals surface area contributed by atoms with Gasteiger partial charge in [-0.05, 0) is 31.2 Å². The minimum absolute atomic E-state index is 0.282. The normalized spacial score (nSPS) is 14.6. The number of para-hydroxylation sites is 1. The second-order valence-corrected chi connectivity index (χ2v) is 6.70. The van der Waals surface area contributed by atoms with E-state index in [0.717, 1.165) is 29.7 Å². The zero-order chi connectivity index (χ0) is 18.1. The number of anilines is 2. The smallest absolute Gasteiger partial charge is 0.291 e. The van der Waals surface area contributed by atoms with Crippen LogP contribution < -0.4 is 10.2 Å². The Bertz CT molecular complexity index is 961. The van der Waals surface area contributed by atoms with Crippen LogP contribution in [0.1, 0.15) is 16.1 Å². The van der Waals surface area contributed by atoms with E-state index in [1.165, 1.54) is 0 Å². The summed E-state index contributed by atoms with van der Waals surface area (Å²) in [4.78, 5) is 15.0. The SMILES string of the molecule is Cc1c(C(=O)Nc2cc(Cl)ccc2N2CCOCC2)oc2ccccc12. The highest BCUT2D eigenvalue weighted by Crippen LogP contribution is 2.31. The van der Waals surface area contributed by atoms with Crippen LogP contribution in [0.3, 0.4) is 0 Å². The summed E-state index contributed by atoms with van der Waals surface area (Å²) in [6, 6.07) is 13.1. The van der Waals surface area contributed by atoms with Gasteiger partial charge in [-0.15, -0.1) is 0 Å². The van der Waals surface area contributed by atoms with E-state index in [9.17, 15) is 4.79 Å². The zero-order valence-corrected chi connectivity index (χ0v) is 15.2. The lowest BCUT2D eigenvalue weighted by molar-refractivity contribution is 0.0998. The van der Waals surface area contributed by atoms with E-state index in [-0.39, 0.29) is 5.91 Å². The zero-order valence-electron chi connectivity index (χ0n) is 14.4. The monoisotopic (exact) mass is 370 g/mol. The molecule has 2 heterocycles. The summed E-state index contributed by atoms with van der Waals surface area (Å²) in [7, 11) is 0. The van der Waals surface area contributed by atoms with E-state index in [1.807, 2.05) is 43.3 Å². The maximum Gasteiger partial charge on any atom is 0.291 e. The first kappa shape index (κ1) is 16.9. The molecular weight excluding hydrogens is 352 g/mol. The highest BCUT2D eigenvalue weighted by atomic mass is 35.5. The number of rotatable bonds is 3. The molecule has 1 N–H and O–H groups in total. The second kappa shape index (κ2) is 7.02. The molecule has 2 aromatic carbocycles. The van der Waals surface area contributed by atoms with Crippen molar-refractivity contribution in [1.29, 1.82) is 0 Å². The van der Waals surface area contributed by atoms with Gasteiger partial charge in [0, 0.05) is 29.1 Å². The van der Waals surface area contributed by atoms with Gasteiger partial charge in [-0.3, -0.25) is 4.79 Å². The maximum atomic E-state index is 12.9. The number of aryl methyl sites for hydroxylation is 1. The molecule has 5 nitrogen and oxygen atoms in total. The number of benzene rings is 2. The molecule has 1 aliphatic rings. The number of hydrogen-bond acceptors (Lipinski definition) is 4. The van der Waals surface area contributed by atoms with Crippen LogP contribution in [0.4, 0.5) is 11.4 Å². The summed E-state index contributed by atoms with van der Waals surface area (Å²) < 4.78 is 11.2. The molecule has 1 amide bonds. The average Bonchev–Trinajstić information content (AvgIpc) is 3.00. The van der Waals surface area contributed by atoms with Crippen molar-refractivity contribution in [3.8, 4) is 0 Å². The topological polar surface area (TPSA) is 54.7 Å². The number of carbonyl (C=O) groups excluding carboxylic acids is 1. The lowest BCUT2D eigenvalue weighted by Gasteiger charge is -2.30. The number of halogens is 1. The van der Waals surface area contributed by atoms with Crippen LogP contribution in [-0.4, -0.2) is 32.2 Å². The summed E-state index contributed by atoms with van der Waals surface area (Å²) in [6.45, 7) is 4.77. The summed E-state index contributed by atoms with van der Waals surface area (Å²) in [5.41, 5.74) is 3.13. The van der Waals surface area contributed by atoms with Gasteiger partial charge < -0.3 is 19.4 Å². The van der Waals surface area contributed by atoms with E-state index in [2.05, 4.69) is 10.2 Å². The van der Waals surface area contributed by atoms with Crippen LogP contribution in [0.25, 0.3) is 11.0 Å². The molecule has 0 saturated carbocycles. The molecule has 134 valence electrons. The van der Waals surface area contributed by atoms with Crippen molar-refractivity contribution in [3.05, 3.63) is 58.8 Å². The minimum atomic E-state index is -0.282. The van der Waals surface area contributed by atoms with Gasteiger partial charge in [0.15, 0.2) is 5.76 Å². The van der Waals surface area contributed by atoms with Crippen LogP contribution in [0.5, 0.6) is 0 Å². The Morgan fingerprint density at radius 2 is 1.92 bits per heavy atom. The van der Waals surface area contributed by atoms with Crippen molar-refractivity contribution >= 4 is 39.9 Å². The van der Waals surface area contributed by atoms with E-state index < -0.39 is 0 Å². The van der Waals surface area contributed by atoms with E-state index in [1.54, 1.807) is 6.07 Å². The number of fused-ring (bicyclic) bond motifs is 1. The van der Waals surface area contributed by atoms with Gasteiger partial charge in [0.05, 0.1) is 24.6 Å². The molecule has 0 atom stereocenters. The van der Waals surface area contributed by atoms with Crippen molar-refractivity contribution in [1.82, 2.24) is 0 Å². The van der Waals surface area contributed by atoms with Crippen molar-refractivity contribution < 1.29 is 13.9 Å². The Morgan fingerprint density at radius 1 is 1.15 bits per heavy atom. The Morgan fingerprint density at radius 3 is 2.69 bits per heavy atom. The number of nitrogens with one attached hydrogen (secondary N) is 1. The van der Waals surface area contributed by atoms with Crippen molar-refractivity contribution in [3.63, 3.8) is 0 Å². The highest BCUT2D eigenvalue weighted by molar-refractivity contribution is 6.31. The van der Waals surface area contributed by atoms with Gasteiger partial charge in [0.2, 0.25) is 0 Å². The number of ether oxygens (including phenoxy) is 1. The molecule has 0 aliphatic carbocycles. The second-order valence-electron chi connectivity index (χ2n) is 6.27. The van der Waals surface area contributed by atoms with Crippen LogP contribution in [0.15, 0.2) is 46.9 Å². The third kappa shape index (κ3) is 3.16. The largest absolute Gasteiger partial charge is 0.451 e. The van der Waals surface area contributed by atoms with Crippen molar-refractivity contribution in [2.75, 3.05) is 36.5 Å². The highest BCUT2D eigenvalue weighted by Gasteiger charge is 2.21. The first-order valence-electron chi connectivity index (χ1n) is 8.55. The fourth-order valence-corrected chi connectivity index (χ4v) is 3.43. The number of furan rings is 1. The molecule has 6 heteroatoms. The van der Waals surface area contributed by atoms with Gasteiger partial charge in [0.1, 0.15) is 5.58 Å². The first-order chi connectivity index (χ1) is 12.6. The molecule has 1 fully saturated rings. The predicted octanol–water partition coefficient (Wildman–Crippen LogP) is 4.48. The summed E-state index contributed by atoms with van der Waals surface area (Å²) in [5.74, 6) is 0.0366. The maximum absolute atomic E-state index is 12.9. The lowest BCUT2D eigenvalue weighted by Crippen LogP contribution is -2.36. The van der Waals surface area contributed by atoms with E-state index in [4.69, 9.17) is 20.8 Å². The Labute approximate surface area is 156 Å². The fourth-order valence-electron chi connectivity index (χ4n) is 3.26. The van der Waals surface area contributed by atoms with Crippen LogP contribution in [-0.2, 0) is 4.74 Å². The third-order valence-electron chi connectivity index (χ3n) is 4.61.